The van der Waals surface area contributed by atoms with Gasteiger partial charge in [0.2, 0.25) is 0 Å². The number of hydrogen-bond donors (Lipinski definition) is 2. The molecule has 1 aromatic rings. The van der Waals surface area contributed by atoms with E-state index in [9.17, 15) is 5.11 Å². The smallest absolute Gasteiger partial charge is 0.115 e. The highest BCUT2D eigenvalue weighted by Crippen LogP contribution is 2.36. The number of rotatable bonds is 2. The molecule has 2 N–H and O–H groups in total. The molecule has 0 saturated carbocycles. The second kappa shape index (κ2) is 5.51. The summed E-state index contributed by atoms with van der Waals surface area (Å²) in [6, 6.07) is 7.68. The molecule has 0 amide bonds. The molecular formula is C16H24N2O. The van der Waals surface area contributed by atoms with E-state index in [1.54, 1.807) is 6.07 Å². The second-order valence-corrected chi connectivity index (χ2v) is 6.26. The van der Waals surface area contributed by atoms with E-state index >= 15 is 0 Å². The van der Waals surface area contributed by atoms with Crippen LogP contribution in [0.3, 0.4) is 0 Å². The van der Waals surface area contributed by atoms with Crippen molar-refractivity contribution in [2.75, 3.05) is 26.2 Å². The fraction of sp³-hybridized carbons (Fsp3) is 0.625. The number of piperidine rings is 2. The maximum atomic E-state index is 9.56. The third-order valence-corrected chi connectivity index (χ3v) is 4.62. The van der Waals surface area contributed by atoms with Crippen LogP contribution in [0.25, 0.3) is 0 Å². The first-order chi connectivity index (χ1) is 9.26. The van der Waals surface area contributed by atoms with Crippen molar-refractivity contribution in [1.82, 2.24) is 10.2 Å². The summed E-state index contributed by atoms with van der Waals surface area (Å²) >= 11 is 0. The zero-order chi connectivity index (χ0) is 13.1. The minimum atomic E-state index is 0.378. The molecule has 3 rings (SSSR count). The standard InChI is InChI=1S/C16H24N2O/c19-15-5-1-4-14(10-15)11-18-9-3-7-16(13-18)6-2-8-17-12-16/h1,4-5,10,17,19H,2-3,6-9,11-13H2. The average Bonchev–Trinajstić information content (AvgIpc) is 2.40. The van der Waals surface area contributed by atoms with Crippen LogP contribution in [-0.4, -0.2) is 36.2 Å². The van der Waals surface area contributed by atoms with Crippen molar-refractivity contribution in [2.24, 2.45) is 5.41 Å². The number of phenolic OH excluding ortho intramolecular Hbond substituents is 1. The van der Waals surface area contributed by atoms with Gasteiger partial charge in [-0.05, 0) is 61.9 Å². The lowest BCUT2D eigenvalue weighted by Crippen LogP contribution is -2.50. The van der Waals surface area contributed by atoms with Crippen LogP contribution < -0.4 is 5.32 Å². The Morgan fingerprint density at radius 1 is 1.26 bits per heavy atom. The van der Waals surface area contributed by atoms with E-state index in [1.807, 2.05) is 12.1 Å². The molecule has 1 unspecified atom stereocenters. The molecule has 0 aliphatic carbocycles. The number of nitrogens with zero attached hydrogens (tertiary/aromatic N) is 1. The molecule has 3 heteroatoms. The molecule has 104 valence electrons. The quantitative estimate of drug-likeness (QED) is 0.857. The highest BCUT2D eigenvalue weighted by Gasteiger charge is 2.36. The summed E-state index contributed by atoms with van der Waals surface area (Å²) in [5.74, 6) is 0.378. The number of phenols is 1. The molecule has 2 saturated heterocycles. The number of nitrogens with one attached hydrogen (secondary N) is 1. The minimum absolute atomic E-state index is 0.378. The van der Waals surface area contributed by atoms with Gasteiger partial charge in [0.05, 0.1) is 0 Å². The Labute approximate surface area is 115 Å². The normalized spacial score (nSPS) is 28.6. The molecule has 1 atom stereocenters. The van der Waals surface area contributed by atoms with E-state index in [-0.39, 0.29) is 0 Å². The van der Waals surface area contributed by atoms with Crippen LogP contribution >= 0.6 is 0 Å². The Morgan fingerprint density at radius 3 is 2.95 bits per heavy atom. The summed E-state index contributed by atoms with van der Waals surface area (Å²) in [6.45, 7) is 5.74. The zero-order valence-electron chi connectivity index (χ0n) is 11.6. The lowest BCUT2D eigenvalue weighted by atomic mass is 9.74. The van der Waals surface area contributed by atoms with Crippen molar-refractivity contribution >= 4 is 0 Å². The number of aromatic hydroxyl groups is 1. The number of hydrogen-bond acceptors (Lipinski definition) is 3. The SMILES string of the molecule is Oc1cccc(CN2CCCC3(CCCNC3)C2)c1. The fourth-order valence-electron chi connectivity index (χ4n) is 3.74. The largest absolute Gasteiger partial charge is 0.508 e. The van der Waals surface area contributed by atoms with Crippen molar-refractivity contribution < 1.29 is 5.11 Å². The predicted molar refractivity (Wildman–Crippen MR) is 77.2 cm³/mol. The van der Waals surface area contributed by atoms with Gasteiger partial charge in [-0.1, -0.05) is 12.1 Å². The molecule has 3 nitrogen and oxygen atoms in total. The maximum absolute atomic E-state index is 9.56. The van der Waals surface area contributed by atoms with E-state index in [1.165, 1.54) is 57.4 Å². The summed E-state index contributed by atoms with van der Waals surface area (Å²) in [5.41, 5.74) is 1.73. The molecule has 2 aliphatic heterocycles. The third kappa shape index (κ3) is 3.10. The minimum Gasteiger partial charge on any atom is -0.508 e. The molecule has 1 spiro atoms. The fourth-order valence-corrected chi connectivity index (χ4v) is 3.74. The summed E-state index contributed by atoms with van der Waals surface area (Å²) in [4.78, 5) is 2.56. The molecule has 0 radical (unpaired) electrons. The van der Waals surface area contributed by atoms with Crippen molar-refractivity contribution in [3.05, 3.63) is 29.8 Å². The van der Waals surface area contributed by atoms with E-state index in [0.717, 1.165) is 6.54 Å². The van der Waals surface area contributed by atoms with Gasteiger partial charge < -0.3 is 10.4 Å². The van der Waals surface area contributed by atoms with Crippen molar-refractivity contribution in [3.63, 3.8) is 0 Å². The molecule has 19 heavy (non-hydrogen) atoms. The highest BCUT2D eigenvalue weighted by atomic mass is 16.3. The van der Waals surface area contributed by atoms with Gasteiger partial charge >= 0.3 is 0 Å². The van der Waals surface area contributed by atoms with Crippen molar-refractivity contribution in [2.45, 2.75) is 32.2 Å². The Kier molecular flexibility index (Phi) is 3.76. The summed E-state index contributed by atoms with van der Waals surface area (Å²) < 4.78 is 0. The Hall–Kier alpha value is -1.06. The molecule has 0 bridgehead atoms. The molecule has 1 aromatic carbocycles. The Morgan fingerprint density at radius 2 is 2.16 bits per heavy atom. The van der Waals surface area contributed by atoms with E-state index in [2.05, 4.69) is 16.3 Å². The van der Waals surface area contributed by atoms with Crippen LogP contribution in [0.5, 0.6) is 5.75 Å². The number of likely N-dealkylation sites (tertiary alicyclic amines) is 1. The first kappa shape index (κ1) is 12.9. The molecular weight excluding hydrogens is 236 g/mol. The van der Waals surface area contributed by atoms with Gasteiger partial charge in [0.25, 0.3) is 0 Å². The van der Waals surface area contributed by atoms with Gasteiger partial charge in [-0.15, -0.1) is 0 Å². The van der Waals surface area contributed by atoms with Crippen LogP contribution in [-0.2, 0) is 6.54 Å². The van der Waals surface area contributed by atoms with Gasteiger partial charge in [0.1, 0.15) is 5.75 Å². The van der Waals surface area contributed by atoms with E-state index < -0.39 is 0 Å². The van der Waals surface area contributed by atoms with E-state index in [0.29, 0.717) is 11.2 Å². The zero-order valence-corrected chi connectivity index (χ0v) is 11.6. The topological polar surface area (TPSA) is 35.5 Å². The molecule has 2 aliphatic rings. The van der Waals surface area contributed by atoms with Gasteiger partial charge in [-0.25, -0.2) is 0 Å². The Balaban J connectivity index is 1.65. The van der Waals surface area contributed by atoms with Gasteiger partial charge in [-0.3, -0.25) is 4.90 Å². The summed E-state index contributed by atoms with van der Waals surface area (Å²) in [7, 11) is 0. The maximum Gasteiger partial charge on any atom is 0.115 e. The van der Waals surface area contributed by atoms with Gasteiger partial charge in [0.15, 0.2) is 0 Å². The van der Waals surface area contributed by atoms with Crippen LogP contribution in [0.15, 0.2) is 24.3 Å². The lowest BCUT2D eigenvalue weighted by Gasteiger charge is -2.45. The van der Waals surface area contributed by atoms with Gasteiger partial charge in [-0.2, -0.15) is 0 Å². The number of benzene rings is 1. The van der Waals surface area contributed by atoms with Crippen molar-refractivity contribution in [1.29, 1.82) is 0 Å². The van der Waals surface area contributed by atoms with Crippen LogP contribution in [0.4, 0.5) is 0 Å². The van der Waals surface area contributed by atoms with Crippen LogP contribution in [0, 0.1) is 5.41 Å². The van der Waals surface area contributed by atoms with Crippen molar-refractivity contribution in [3.8, 4) is 5.75 Å². The predicted octanol–water partition coefficient (Wildman–Crippen LogP) is 2.36. The first-order valence-corrected chi connectivity index (χ1v) is 7.47. The Bertz CT molecular complexity index is 421. The monoisotopic (exact) mass is 260 g/mol. The molecule has 2 fully saturated rings. The average molecular weight is 260 g/mol. The van der Waals surface area contributed by atoms with Crippen LogP contribution in [0.1, 0.15) is 31.2 Å². The molecule has 0 aromatic heterocycles. The van der Waals surface area contributed by atoms with E-state index in [4.69, 9.17) is 0 Å². The summed E-state index contributed by atoms with van der Waals surface area (Å²) in [6.07, 6.45) is 5.37. The first-order valence-electron chi connectivity index (χ1n) is 7.47. The highest BCUT2D eigenvalue weighted by molar-refractivity contribution is 5.27. The second-order valence-electron chi connectivity index (χ2n) is 6.26. The summed E-state index contributed by atoms with van der Waals surface area (Å²) in [5, 5.41) is 13.1. The van der Waals surface area contributed by atoms with Gasteiger partial charge in [0, 0.05) is 19.6 Å². The van der Waals surface area contributed by atoms with Crippen LogP contribution in [0.2, 0.25) is 0 Å². The molecule has 2 heterocycles. The lowest BCUT2D eigenvalue weighted by molar-refractivity contribution is 0.0600. The third-order valence-electron chi connectivity index (χ3n) is 4.62.